The molecule has 0 saturated heterocycles. The number of halogens is 2. The zero-order valence-electron chi connectivity index (χ0n) is 10.7. The molecule has 0 radical (unpaired) electrons. The number of nitrogen functional groups attached to an aromatic ring is 1. The van der Waals surface area contributed by atoms with Crippen molar-refractivity contribution in [3.63, 3.8) is 0 Å². The molecule has 0 unspecified atom stereocenters. The Morgan fingerprint density at radius 3 is 2.00 bits per heavy atom. The van der Waals surface area contributed by atoms with E-state index in [0.29, 0.717) is 18.7 Å². The first-order valence-electron chi connectivity index (χ1n) is 6.01. The van der Waals surface area contributed by atoms with Crippen molar-refractivity contribution in [3.8, 4) is 0 Å². The first-order chi connectivity index (χ1) is 9.02. The van der Waals surface area contributed by atoms with E-state index in [9.17, 15) is 8.78 Å². The molecule has 2 N–H and O–H groups in total. The Labute approximate surface area is 111 Å². The fourth-order valence-electron chi connectivity index (χ4n) is 2.00. The molecular formula is C15H16F2N2. The summed E-state index contributed by atoms with van der Waals surface area (Å²) < 4.78 is 26.2. The Morgan fingerprint density at radius 1 is 0.895 bits per heavy atom. The van der Waals surface area contributed by atoms with E-state index in [1.807, 2.05) is 36.2 Å². The van der Waals surface area contributed by atoms with Crippen molar-refractivity contribution in [1.29, 1.82) is 0 Å². The third-order valence-corrected chi connectivity index (χ3v) is 2.81. The van der Waals surface area contributed by atoms with Gasteiger partial charge in [0.1, 0.15) is 11.6 Å². The fourth-order valence-corrected chi connectivity index (χ4v) is 2.00. The second kappa shape index (κ2) is 5.80. The SMILES string of the molecule is CN(Cc1ccc(N)cc1)Cc1cc(F)cc(F)c1. The van der Waals surface area contributed by atoms with Crippen molar-refractivity contribution in [1.82, 2.24) is 4.90 Å². The van der Waals surface area contributed by atoms with Gasteiger partial charge in [-0.3, -0.25) is 4.90 Å². The van der Waals surface area contributed by atoms with Crippen LogP contribution >= 0.6 is 0 Å². The average Bonchev–Trinajstić information content (AvgIpc) is 2.30. The lowest BCUT2D eigenvalue weighted by Crippen LogP contribution is -2.17. The zero-order valence-corrected chi connectivity index (χ0v) is 10.7. The average molecular weight is 262 g/mol. The molecular weight excluding hydrogens is 246 g/mol. The van der Waals surface area contributed by atoms with Gasteiger partial charge in [0.05, 0.1) is 0 Å². The van der Waals surface area contributed by atoms with Crippen LogP contribution in [0, 0.1) is 11.6 Å². The van der Waals surface area contributed by atoms with Crippen LogP contribution in [-0.2, 0) is 13.1 Å². The summed E-state index contributed by atoms with van der Waals surface area (Å²) in [4.78, 5) is 1.99. The molecule has 2 aromatic carbocycles. The summed E-state index contributed by atoms with van der Waals surface area (Å²) in [6.07, 6.45) is 0. The summed E-state index contributed by atoms with van der Waals surface area (Å²) in [6, 6.07) is 11.1. The molecule has 0 aliphatic rings. The van der Waals surface area contributed by atoms with E-state index < -0.39 is 11.6 Å². The lowest BCUT2D eigenvalue weighted by Gasteiger charge is -2.17. The topological polar surface area (TPSA) is 29.3 Å². The lowest BCUT2D eigenvalue weighted by molar-refractivity contribution is 0.318. The molecule has 0 saturated carbocycles. The quantitative estimate of drug-likeness (QED) is 0.857. The predicted molar refractivity (Wildman–Crippen MR) is 72.4 cm³/mol. The molecule has 0 atom stereocenters. The Morgan fingerprint density at radius 2 is 1.42 bits per heavy atom. The lowest BCUT2D eigenvalue weighted by atomic mass is 10.1. The highest BCUT2D eigenvalue weighted by atomic mass is 19.1. The van der Waals surface area contributed by atoms with Crippen molar-refractivity contribution in [2.45, 2.75) is 13.1 Å². The minimum atomic E-state index is -0.545. The van der Waals surface area contributed by atoms with Crippen molar-refractivity contribution < 1.29 is 8.78 Å². The van der Waals surface area contributed by atoms with Gasteiger partial charge in [0.15, 0.2) is 0 Å². The van der Waals surface area contributed by atoms with Crippen LogP contribution in [-0.4, -0.2) is 11.9 Å². The van der Waals surface area contributed by atoms with Gasteiger partial charge < -0.3 is 5.73 Å². The third-order valence-electron chi connectivity index (χ3n) is 2.81. The van der Waals surface area contributed by atoms with Gasteiger partial charge in [0.25, 0.3) is 0 Å². The van der Waals surface area contributed by atoms with E-state index in [-0.39, 0.29) is 0 Å². The highest BCUT2D eigenvalue weighted by molar-refractivity contribution is 5.39. The predicted octanol–water partition coefficient (Wildman–Crippen LogP) is 3.18. The van der Waals surface area contributed by atoms with Crippen molar-refractivity contribution in [2.75, 3.05) is 12.8 Å². The number of nitrogens with two attached hydrogens (primary N) is 1. The maximum Gasteiger partial charge on any atom is 0.126 e. The van der Waals surface area contributed by atoms with E-state index in [0.717, 1.165) is 17.3 Å². The van der Waals surface area contributed by atoms with Gasteiger partial charge in [-0.05, 0) is 42.4 Å². The summed E-state index contributed by atoms with van der Waals surface area (Å²) in [5.74, 6) is -1.09. The van der Waals surface area contributed by atoms with E-state index in [1.54, 1.807) is 0 Å². The zero-order chi connectivity index (χ0) is 13.8. The largest absolute Gasteiger partial charge is 0.399 e. The van der Waals surface area contributed by atoms with Crippen LogP contribution in [0.4, 0.5) is 14.5 Å². The number of benzene rings is 2. The Kier molecular flexibility index (Phi) is 4.12. The van der Waals surface area contributed by atoms with Crippen LogP contribution in [0.5, 0.6) is 0 Å². The van der Waals surface area contributed by atoms with Crippen LogP contribution < -0.4 is 5.73 Å². The third kappa shape index (κ3) is 4.03. The molecule has 2 aromatic rings. The minimum absolute atomic E-state index is 0.485. The van der Waals surface area contributed by atoms with E-state index in [1.165, 1.54) is 12.1 Å². The fraction of sp³-hybridized carbons (Fsp3) is 0.200. The first kappa shape index (κ1) is 13.5. The standard InChI is InChI=1S/C15H16F2N2/c1-19(9-11-2-4-15(18)5-3-11)10-12-6-13(16)8-14(17)7-12/h2-8H,9-10,18H2,1H3. The van der Waals surface area contributed by atoms with Crippen LogP contribution in [0.2, 0.25) is 0 Å². The minimum Gasteiger partial charge on any atom is -0.399 e. The maximum absolute atomic E-state index is 13.1. The molecule has 2 rings (SSSR count). The number of hydrogen-bond donors (Lipinski definition) is 1. The van der Waals surface area contributed by atoms with Gasteiger partial charge in [-0.2, -0.15) is 0 Å². The highest BCUT2D eigenvalue weighted by Gasteiger charge is 2.05. The van der Waals surface area contributed by atoms with Gasteiger partial charge in [0.2, 0.25) is 0 Å². The smallest absolute Gasteiger partial charge is 0.126 e. The van der Waals surface area contributed by atoms with Crippen LogP contribution in [0.15, 0.2) is 42.5 Å². The van der Waals surface area contributed by atoms with E-state index >= 15 is 0 Å². The van der Waals surface area contributed by atoms with Gasteiger partial charge in [0, 0.05) is 24.8 Å². The number of nitrogens with zero attached hydrogens (tertiary/aromatic N) is 1. The monoisotopic (exact) mass is 262 g/mol. The van der Waals surface area contributed by atoms with Gasteiger partial charge >= 0.3 is 0 Å². The molecule has 19 heavy (non-hydrogen) atoms. The summed E-state index contributed by atoms with van der Waals surface area (Å²) >= 11 is 0. The molecule has 0 heterocycles. The normalized spacial score (nSPS) is 10.9. The molecule has 0 fully saturated rings. The molecule has 4 heteroatoms. The molecule has 0 aliphatic carbocycles. The van der Waals surface area contributed by atoms with Crippen molar-refractivity contribution >= 4 is 5.69 Å². The van der Waals surface area contributed by atoms with Crippen LogP contribution in [0.25, 0.3) is 0 Å². The first-order valence-corrected chi connectivity index (χ1v) is 6.01. The second-order valence-corrected chi connectivity index (χ2v) is 4.69. The second-order valence-electron chi connectivity index (χ2n) is 4.69. The maximum atomic E-state index is 13.1. The molecule has 0 amide bonds. The number of anilines is 1. The molecule has 0 aromatic heterocycles. The molecule has 100 valence electrons. The van der Waals surface area contributed by atoms with Crippen molar-refractivity contribution in [2.24, 2.45) is 0 Å². The van der Waals surface area contributed by atoms with Crippen molar-refractivity contribution in [3.05, 3.63) is 65.2 Å². The van der Waals surface area contributed by atoms with Gasteiger partial charge in [-0.1, -0.05) is 12.1 Å². The van der Waals surface area contributed by atoms with Gasteiger partial charge in [-0.25, -0.2) is 8.78 Å². The van der Waals surface area contributed by atoms with Crippen LogP contribution in [0.3, 0.4) is 0 Å². The summed E-state index contributed by atoms with van der Waals surface area (Å²) in [5, 5.41) is 0. The molecule has 2 nitrogen and oxygen atoms in total. The van der Waals surface area contributed by atoms with Gasteiger partial charge in [-0.15, -0.1) is 0 Å². The summed E-state index contributed by atoms with van der Waals surface area (Å²) in [5.41, 5.74) is 8.06. The molecule has 0 aliphatic heterocycles. The number of rotatable bonds is 4. The van der Waals surface area contributed by atoms with E-state index in [4.69, 9.17) is 5.73 Å². The van der Waals surface area contributed by atoms with E-state index in [2.05, 4.69) is 0 Å². The summed E-state index contributed by atoms with van der Waals surface area (Å²) in [6.45, 7) is 1.18. The number of hydrogen-bond acceptors (Lipinski definition) is 2. The Bertz CT molecular complexity index is 532. The Hall–Kier alpha value is -1.94. The molecule has 0 spiro atoms. The summed E-state index contributed by atoms with van der Waals surface area (Å²) in [7, 11) is 1.90. The highest BCUT2D eigenvalue weighted by Crippen LogP contribution is 2.12. The molecule has 0 bridgehead atoms. The van der Waals surface area contributed by atoms with Crippen LogP contribution in [0.1, 0.15) is 11.1 Å². The Balaban J connectivity index is 2.00.